The zero-order valence-electron chi connectivity index (χ0n) is 9.09. The van der Waals surface area contributed by atoms with E-state index in [1.54, 1.807) is 11.3 Å². The zero-order valence-corrected chi connectivity index (χ0v) is 11.5. The molecule has 0 bridgehead atoms. The largest absolute Gasteiger partial charge is 0.294 e. The first-order valence-corrected chi connectivity index (χ1v) is 7.24. The first kappa shape index (κ1) is 12.9. The number of carbonyl (C=O) groups is 1. The molecule has 0 spiro atoms. The first-order valence-electron chi connectivity index (χ1n) is 5.50. The van der Waals surface area contributed by atoms with Gasteiger partial charge in [0.05, 0.1) is 0 Å². The van der Waals surface area contributed by atoms with Gasteiger partial charge in [-0.25, -0.2) is 0 Å². The quantitative estimate of drug-likeness (QED) is 0.507. The number of unbranched alkanes of at least 4 members (excludes halogenated alkanes) is 4. The van der Waals surface area contributed by atoms with Crippen LogP contribution in [-0.4, -0.2) is 5.78 Å². The van der Waals surface area contributed by atoms with Crippen LogP contribution in [0.15, 0.2) is 15.2 Å². The van der Waals surface area contributed by atoms with Crippen LogP contribution in [0.5, 0.6) is 0 Å². The predicted octanol–water partition coefficient (Wildman–Crippen LogP) is 5.05. The average molecular weight is 289 g/mol. The summed E-state index contributed by atoms with van der Waals surface area (Å²) in [5, 5.41) is 3.89. The second-order valence-electron chi connectivity index (χ2n) is 3.72. The van der Waals surface area contributed by atoms with Crippen LogP contribution in [0.25, 0.3) is 0 Å². The Morgan fingerprint density at radius 3 is 2.60 bits per heavy atom. The molecular formula is C12H17BrOS. The van der Waals surface area contributed by atoms with E-state index in [-0.39, 0.29) is 5.78 Å². The minimum Gasteiger partial charge on any atom is -0.294 e. The molecule has 0 aliphatic heterocycles. The van der Waals surface area contributed by atoms with Crippen molar-refractivity contribution in [1.82, 2.24) is 0 Å². The minimum absolute atomic E-state index is 0.277. The van der Waals surface area contributed by atoms with E-state index in [2.05, 4.69) is 22.9 Å². The van der Waals surface area contributed by atoms with E-state index in [4.69, 9.17) is 0 Å². The molecule has 0 amide bonds. The molecule has 1 aromatic rings. The van der Waals surface area contributed by atoms with Gasteiger partial charge in [-0.1, -0.05) is 32.6 Å². The fourth-order valence-corrected chi connectivity index (χ4v) is 3.02. The molecule has 84 valence electrons. The molecule has 15 heavy (non-hydrogen) atoms. The fraction of sp³-hybridized carbons (Fsp3) is 0.583. The van der Waals surface area contributed by atoms with Gasteiger partial charge in [-0.15, -0.1) is 0 Å². The maximum Gasteiger partial charge on any atom is 0.164 e. The van der Waals surface area contributed by atoms with Gasteiger partial charge in [-0.2, -0.15) is 11.3 Å². The van der Waals surface area contributed by atoms with Gasteiger partial charge >= 0.3 is 0 Å². The molecule has 0 saturated heterocycles. The molecule has 1 heterocycles. The lowest BCUT2D eigenvalue weighted by molar-refractivity contribution is 0.0979. The molecule has 0 aliphatic rings. The Balaban J connectivity index is 2.22. The van der Waals surface area contributed by atoms with Crippen LogP contribution in [0.3, 0.4) is 0 Å². The van der Waals surface area contributed by atoms with Gasteiger partial charge in [0.1, 0.15) is 0 Å². The van der Waals surface area contributed by atoms with Crippen LogP contribution in [0.4, 0.5) is 0 Å². The molecule has 0 atom stereocenters. The van der Waals surface area contributed by atoms with Crippen molar-refractivity contribution < 1.29 is 4.79 Å². The number of carbonyl (C=O) groups excluding carboxylic acids is 1. The first-order chi connectivity index (χ1) is 7.25. The molecule has 0 radical (unpaired) electrons. The van der Waals surface area contributed by atoms with Crippen LogP contribution >= 0.6 is 27.3 Å². The number of rotatable bonds is 7. The lowest BCUT2D eigenvalue weighted by Gasteiger charge is -1.99. The van der Waals surface area contributed by atoms with Gasteiger partial charge in [-0.3, -0.25) is 4.79 Å². The SMILES string of the molecule is CCCCCCCC(=O)c1cscc1Br. The predicted molar refractivity (Wildman–Crippen MR) is 69.7 cm³/mol. The molecule has 0 aromatic carbocycles. The summed E-state index contributed by atoms with van der Waals surface area (Å²) in [6.45, 7) is 2.20. The molecule has 0 saturated carbocycles. The Kier molecular flexibility index (Phi) is 6.18. The molecule has 0 N–H and O–H groups in total. The highest BCUT2D eigenvalue weighted by molar-refractivity contribution is 9.10. The fourth-order valence-electron chi connectivity index (χ4n) is 1.50. The zero-order chi connectivity index (χ0) is 11.1. The lowest BCUT2D eigenvalue weighted by atomic mass is 10.1. The Morgan fingerprint density at radius 1 is 1.27 bits per heavy atom. The number of halogens is 1. The number of ketones is 1. The maximum absolute atomic E-state index is 11.7. The van der Waals surface area contributed by atoms with Gasteiger partial charge in [-0.05, 0) is 22.4 Å². The number of hydrogen-bond donors (Lipinski definition) is 0. The summed E-state index contributed by atoms with van der Waals surface area (Å²) in [6.07, 6.45) is 6.70. The van der Waals surface area contributed by atoms with Gasteiger partial charge in [0.25, 0.3) is 0 Å². The second-order valence-corrected chi connectivity index (χ2v) is 5.32. The molecule has 3 heteroatoms. The molecular weight excluding hydrogens is 272 g/mol. The van der Waals surface area contributed by atoms with Gasteiger partial charge in [0.2, 0.25) is 0 Å². The van der Waals surface area contributed by atoms with Crippen LogP contribution in [0, 0.1) is 0 Å². The molecule has 1 nitrogen and oxygen atoms in total. The topological polar surface area (TPSA) is 17.1 Å². The van der Waals surface area contributed by atoms with Crippen molar-refractivity contribution in [3.05, 3.63) is 20.8 Å². The molecule has 1 aromatic heterocycles. The van der Waals surface area contributed by atoms with Crippen LogP contribution < -0.4 is 0 Å². The summed E-state index contributed by atoms with van der Waals surface area (Å²) in [7, 11) is 0. The van der Waals surface area contributed by atoms with Gasteiger partial charge in [0.15, 0.2) is 5.78 Å². The number of thiophene rings is 1. The van der Waals surface area contributed by atoms with E-state index in [0.717, 1.165) is 16.5 Å². The third kappa shape index (κ3) is 4.47. The Labute approximate surface area is 104 Å². The van der Waals surface area contributed by atoms with Crippen molar-refractivity contribution in [3.63, 3.8) is 0 Å². The second kappa shape index (κ2) is 7.18. The summed E-state index contributed by atoms with van der Waals surface area (Å²) < 4.78 is 0.950. The van der Waals surface area contributed by atoms with E-state index in [0.29, 0.717) is 6.42 Å². The third-order valence-corrected chi connectivity index (χ3v) is 4.13. The third-order valence-electron chi connectivity index (χ3n) is 2.42. The summed E-state index contributed by atoms with van der Waals surface area (Å²) in [6, 6.07) is 0. The highest BCUT2D eigenvalue weighted by Crippen LogP contribution is 2.23. The summed E-state index contributed by atoms with van der Waals surface area (Å²) in [4.78, 5) is 11.7. The normalized spacial score (nSPS) is 10.5. The summed E-state index contributed by atoms with van der Waals surface area (Å²) in [5.41, 5.74) is 0.857. The van der Waals surface area contributed by atoms with E-state index < -0.39 is 0 Å². The molecule has 0 aliphatic carbocycles. The number of Topliss-reactive ketones (excluding diaryl/α,β-unsaturated/α-hetero) is 1. The Morgan fingerprint density at radius 2 is 2.00 bits per heavy atom. The summed E-state index contributed by atoms with van der Waals surface area (Å²) in [5.74, 6) is 0.277. The van der Waals surface area contributed by atoms with Crippen molar-refractivity contribution in [1.29, 1.82) is 0 Å². The van der Waals surface area contributed by atoms with Crippen molar-refractivity contribution >= 4 is 33.0 Å². The Hall–Kier alpha value is -0.150. The van der Waals surface area contributed by atoms with E-state index in [9.17, 15) is 4.79 Å². The summed E-state index contributed by atoms with van der Waals surface area (Å²) >= 11 is 4.96. The van der Waals surface area contributed by atoms with Gasteiger partial charge < -0.3 is 0 Å². The van der Waals surface area contributed by atoms with Crippen LogP contribution in [0.1, 0.15) is 55.8 Å². The highest BCUT2D eigenvalue weighted by atomic mass is 79.9. The molecule has 1 rings (SSSR count). The highest BCUT2D eigenvalue weighted by Gasteiger charge is 2.09. The van der Waals surface area contributed by atoms with E-state index in [1.165, 1.54) is 25.7 Å². The van der Waals surface area contributed by atoms with E-state index >= 15 is 0 Å². The van der Waals surface area contributed by atoms with Crippen molar-refractivity contribution in [2.24, 2.45) is 0 Å². The van der Waals surface area contributed by atoms with Gasteiger partial charge in [0, 0.05) is 27.2 Å². The molecule has 0 unspecified atom stereocenters. The standard InChI is InChI=1S/C12H17BrOS/c1-2-3-4-5-6-7-12(14)10-8-15-9-11(10)13/h8-9H,2-7H2,1H3. The van der Waals surface area contributed by atoms with Crippen molar-refractivity contribution in [3.8, 4) is 0 Å². The average Bonchev–Trinajstić information content (AvgIpc) is 2.64. The lowest BCUT2D eigenvalue weighted by Crippen LogP contribution is -1.97. The van der Waals surface area contributed by atoms with Crippen LogP contribution in [-0.2, 0) is 0 Å². The maximum atomic E-state index is 11.7. The monoisotopic (exact) mass is 288 g/mol. The minimum atomic E-state index is 0.277. The van der Waals surface area contributed by atoms with Crippen LogP contribution in [0.2, 0.25) is 0 Å². The molecule has 0 fully saturated rings. The van der Waals surface area contributed by atoms with E-state index in [1.807, 2.05) is 10.8 Å². The smallest absolute Gasteiger partial charge is 0.164 e. The van der Waals surface area contributed by atoms with Crippen molar-refractivity contribution in [2.45, 2.75) is 45.4 Å². The number of hydrogen-bond acceptors (Lipinski definition) is 2. The van der Waals surface area contributed by atoms with Crippen molar-refractivity contribution in [2.75, 3.05) is 0 Å². The Bertz CT molecular complexity index is 306.